The summed E-state index contributed by atoms with van der Waals surface area (Å²) in [5.41, 5.74) is 2.88. The van der Waals surface area contributed by atoms with Gasteiger partial charge < -0.3 is 10.0 Å². The van der Waals surface area contributed by atoms with Gasteiger partial charge in [0.25, 0.3) is 0 Å². The molecule has 3 nitrogen and oxygen atoms in total. The molecule has 20 heavy (non-hydrogen) atoms. The molecule has 1 heterocycles. The van der Waals surface area contributed by atoms with Gasteiger partial charge in [-0.2, -0.15) is 0 Å². The Morgan fingerprint density at radius 3 is 2.25 bits per heavy atom. The van der Waals surface area contributed by atoms with Gasteiger partial charge in [0.1, 0.15) is 0 Å². The molecule has 0 saturated heterocycles. The third-order valence-corrected chi connectivity index (χ3v) is 3.79. The highest BCUT2D eigenvalue weighted by Gasteiger charge is 2.13. The molecule has 0 amide bonds. The Labute approximate surface area is 124 Å². The fraction of sp³-hybridized carbons (Fsp3) is 0.312. The van der Waals surface area contributed by atoms with Gasteiger partial charge in [-0.3, -0.25) is 4.98 Å². The molecule has 0 spiro atoms. The summed E-state index contributed by atoms with van der Waals surface area (Å²) in [6.07, 6.45) is 1.25. The highest BCUT2D eigenvalue weighted by Crippen LogP contribution is 2.26. The second-order valence-corrected chi connectivity index (χ2v) is 5.39. The van der Waals surface area contributed by atoms with E-state index in [1.54, 1.807) is 13.1 Å². The quantitative estimate of drug-likeness (QED) is 0.925. The van der Waals surface area contributed by atoms with Crippen molar-refractivity contribution < 1.29 is 5.11 Å². The van der Waals surface area contributed by atoms with Gasteiger partial charge in [-0.05, 0) is 43.7 Å². The van der Waals surface area contributed by atoms with Crippen molar-refractivity contribution >= 4 is 17.3 Å². The molecule has 0 fully saturated rings. The summed E-state index contributed by atoms with van der Waals surface area (Å²) in [4.78, 5) is 6.42. The first-order valence-electron chi connectivity index (χ1n) is 6.61. The molecule has 0 saturated carbocycles. The molecular weight excluding hydrogens is 272 g/mol. The molecule has 1 aromatic heterocycles. The van der Waals surface area contributed by atoms with Gasteiger partial charge >= 0.3 is 0 Å². The lowest BCUT2D eigenvalue weighted by molar-refractivity contribution is 0.194. The van der Waals surface area contributed by atoms with E-state index in [0.29, 0.717) is 5.69 Å². The molecule has 106 valence electrons. The maximum atomic E-state index is 9.48. The number of nitrogens with zero attached hydrogens (tertiary/aromatic N) is 2. The molecule has 0 aliphatic carbocycles. The summed E-state index contributed by atoms with van der Waals surface area (Å²) in [5, 5.41) is 10.2. The lowest BCUT2D eigenvalue weighted by Gasteiger charge is -2.27. The van der Waals surface area contributed by atoms with E-state index in [2.05, 4.69) is 16.8 Å². The highest BCUT2D eigenvalue weighted by atomic mass is 35.5. The molecule has 2 atom stereocenters. The maximum Gasteiger partial charge on any atom is 0.0931 e. The maximum absolute atomic E-state index is 9.48. The van der Waals surface area contributed by atoms with Gasteiger partial charge in [0.2, 0.25) is 0 Å². The average Bonchev–Trinajstić information content (AvgIpc) is 2.46. The topological polar surface area (TPSA) is 36.4 Å². The fourth-order valence-electron chi connectivity index (χ4n) is 2.04. The Morgan fingerprint density at radius 1 is 1.10 bits per heavy atom. The van der Waals surface area contributed by atoms with Crippen molar-refractivity contribution in [3.63, 3.8) is 0 Å². The van der Waals surface area contributed by atoms with E-state index >= 15 is 0 Å². The summed E-state index contributed by atoms with van der Waals surface area (Å²) in [5.74, 6) is 0. The zero-order valence-electron chi connectivity index (χ0n) is 11.9. The molecule has 0 radical (unpaired) electrons. The number of pyridine rings is 1. The Hall–Kier alpha value is -1.58. The van der Waals surface area contributed by atoms with Crippen LogP contribution in [0.5, 0.6) is 0 Å². The summed E-state index contributed by atoms with van der Waals surface area (Å²) in [6, 6.07) is 11.9. The van der Waals surface area contributed by atoms with E-state index in [1.807, 2.05) is 43.4 Å². The lowest BCUT2D eigenvalue weighted by atomic mass is 10.1. The zero-order valence-corrected chi connectivity index (χ0v) is 12.7. The number of anilines is 1. The molecule has 0 aliphatic rings. The smallest absolute Gasteiger partial charge is 0.0931 e. The molecule has 1 unspecified atom stereocenters. The van der Waals surface area contributed by atoms with E-state index in [9.17, 15) is 5.11 Å². The zero-order chi connectivity index (χ0) is 14.7. The number of hydrogen-bond acceptors (Lipinski definition) is 3. The summed E-state index contributed by atoms with van der Waals surface area (Å²) < 4.78 is 0. The van der Waals surface area contributed by atoms with Crippen LogP contribution in [-0.4, -0.2) is 17.1 Å². The van der Waals surface area contributed by atoms with Crippen molar-refractivity contribution in [2.75, 3.05) is 11.9 Å². The number of aliphatic hydroxyl groups is 1. The van der Waals surface area contributed by atoms with Gasteiger partial charge in [0, 0.05) is 12.1 Å². The largest absolute Gasteiger partial charge is 0.387 e. The second-order valence-electron chi connectivity index (χ2n) is 4.96. The predicted molar refractivity (Wildman–Crippen MR) is 83.1 cm³/mol. The molecule has 2 rings (SSSR count). The van der Waals surface area contributed by atoms with E-state index < -0.39 is 6.10 Å². The van der Waals surface area contributed by atoms with Crippen LogP contribution in [0, 0.1) is 0 Å². The van der Waals surface area contributed by atoms with Crippen LogP contribution in [0.15, 0.2) is 42.6 Å². The Balaban J connectivity index is 2.17. The fourth-order valence-corrected chi connectivity index (χ4v) is 2.17. The first kappa shape index (κ1) is 14.8. The molecule has 0 aliphatic heterocycles. The van der Waals surface area contributed by atoms with Gasteiger partial charge in [-0.25, -0.2) is 0 Å². The molecule has 0 bridgehead atoms. The highest BCUT2D eigenvalue weighted by molar-refractivity contribution is 6.30. The van der Waals surface area contributed by atoms with Crippen molar-refractivity contribution in [2.24, 2.45) is 0 Å². The third-order valence-electron chi connectivity index (χ3n) is 3.54. The number of hydrogen-bond donors (Lipinski definition) is 1. The van der Waals surface area contributed by atoms with Gasteiger partial charge in [-0.15, -0.1) is 0 Å². The molecule has 2 aromatic rings. The first-order chi connectivity index (χ1) is 9.49. The van der Waals surface area contributed by atoms with Crippen LogP contribution < -0.4 is 4.90 Å². The van der Waals surface area contributed by atoms with E-state index in [1.165, 1.54) is 5.56 Å². The van der Waals surface area contributed by atoms with Crippen molar-refractivity contribution in [3.05, 3.63) is 58.9 Å². The number of aromatic nitrogens is 1. The summed E-state index contributed by atoms with van der Waals surface area (Å²) >= 11 is 5.91. The van der Waals surface area contributed by atoms with Gasteiger partial charge in [-0.1, -0.05) is 23.7 Å². The summed E-state index contributed by atoms with van der Waals surface area (Å²) in [7, 11) is 2.03. The van der Waals surface area contributed by atoms with Gasteiger partial charge in [0.15, 0.2) is 0 Å². The third kappa shape index (κ3) is 3.30. The van der Waals surface area contributed by atoms with Crippen molar-refractivity contribution in [2.45, 2.75) is 26.0 Å². The van der Waals surface area contributed by atoms with Crippen molar-refractivity contribution in [3.8, 4) is 0 Å². The minimum atomic E-state index is -0.539. The Bertz CT molecular complexity index is 552. The van der Waals surface area contributed by atoms with Crippen LogP contribution in [-0.2, 0) is 0 Å². The molecule has 4 heteroatoms. The number of aliphatic hydroxyl groups excluding tert-OH is 1. The van der Waals surface area contributed by atoms with Gasteiger partial charge in [0.05, 0.1) is 29.7 Å². The predicted octanol–water partition coefficient (Wildman–Crippen LogP) is 3.99. The minimum Gasteiger partial charge on any atom is -0.387 e. The van der Waals surface area contributed by atoms with Crippen LogP contribution >= 0.6 is 11.6 Å². The van der Waals surface area contributed by atoms with Crippen LogP contribution in [0.3, 0.4) is 0 Å². The van der Waals surface area contributed by atoms with Crippen molar-refractivity contribution in [1.82, 2.24) is 4.98 Å². The lowest BCUT2D eigenvalue weighted by Crippen LogP contribution is -2.21. The SMILES string of the molecule is CC(c1ccc(Cl)cc1)N(C)c1ccc([C@H](C)O)nc1. The van der Waals surface area contributed by atoms with Crippen LogP contribution in [0.4, 0.5) is 5.69 Å². The molecule has 1 N–H and O–H groups in total. The number of benzene rings is 1. The first-order valence-corrected chi connectivity index (χ1v) is 6.99. The Kier molecular flexibility index (Phi) is 4.63. The van der Waals surface area contributed by atoms with Crippen LogP contribution in [0.2, 0.25) is 5.02 Å². The second kappa shape index (κ2) is 6.25. The average molecular weight is 291 g/mol. The van der Waals surface area contributed by atoms with Crippen LogP contribution in [0.1, 0.15) is 37.3 Å². The minimum absolute atomic E-state index is 0.214. The summed E-state index contributed by atoms with van der Waals surface area (Å²) in [6.45, 7) is 3.84. The number of halogens is 1. The van der Waals surface area contributed by atoms with Crippen LogP contribution in [0.25, 0.3) is 0 Å². The molecular formula is C16H19ClN2O. The standard InChI is InChI=1S/C16H19ClN2O/c1-11(13-4-6-14(17)7-5-13)19(3)15-8-9-16(12(2)20)18-10-15/h4-12,20H,1-3H3/t11?,12-/m0/s1. The monoisotopic (exact) mass is 290 g/mol. The van der Waals surface area contributed by atoms with E-state index in [4.69, 9.17) is 11.6 Å². The van der Waals surface area contributed by atoms with E-state index in [0.717, 1.165) is 10.7 Å². The molecule has 1 aromatic carbocycles. The Morgan fingerprint density at radius 2 is 1.75 bits per heavy atom. The number of rotatable bonds is 4. The van der Waals surface area contributed by atoms with E-state index in [-0.39, 0.29) is 6.04 Å². The normalized spacial score (nSPS) is 13.8. The van der Waals surface area contributed by atoms with Crippen molar-refractivity contribution in [1.29, 1.82) is 0 Å².